The van der Waals surface area contributed by atoms with Gasteiger partial charge in [0.15, 0.2) is 0 Å². The lowest BCUT2D eigenvalue weighted by Gasteiger charge is -2.32. The summed E-state index contributed by atoms with van der Waals surface area (Å²) in [5, 5.41) is 21.2. The second-order valence-electron chi connectivity index (χ2n) is 6.33. The van der Waals surface area contributed by atoms with Gasteiger partial charge in [-0.05, 0) is 31.8 Å². The number of aliphatic hydroxyl groups is 1. The molecule has 0 fully saturated rings. The van der Waals surface area contributed by atoms with E-state index in [2.05, 4.69) is 15.5 Å². The van der Waals surface area contributed by atoms with Crippen molar-refractivity contribution in [2.75, 3.05) is 6.61 Å². The molecule has 2 aromatic rings. The van der Waals surface area contributed by atoms with Crippen molar-refractivity contribution in [2.24, 2.45) is 0 Å². The van der Waals surface area contributed by atoms with Crippen LogP contribution in [0, 0.1) is 0 Å². The van der Waals surface area contributed by atoms with E-state index >= 15 is 0 Å². The summed E-state index contributed by atoms with van der Waals surface area (Å²) < 4.78 is 6.11. The van der Waals surface area contributed by atoms with E-state index in [-0.39, 0.29) is 0 Å². The fraction of sp³-hybridized carbons (Fsp3) is 0.471. The lowest BCUT2D eigenvalue weighted by atomic mass is 9.87. The summed E-state index contributed by atoms with van der Waals surface area (Å²) in [6, 6.07) is 0. The molecule has 0 bridgehead atoms. The molecule has 0 aliphatic carbocycles. The van der Waals surface area contributed by atoms with E-state index < -0.39 is 5.60 Å². The van der Waals surface area contributed by atoms with E-state index in [1.165, 1.54) is 16.0 Å². The first kappa shape index (κ1) is 14.8. The third-order valence-corrected chi connectivity index (χ3v) is 5.99. The number of hydrogen-bond acceptors (Lipinski definition) is 5. The van der Waals surface area contributed by atoms with Crippen LogP contribution in [0.3, 0.4) is 0 Å². The highest BCUT2D eigenvalue weighted by molar-refractivity contribution is 7.16. The number of rotatable bonds is 3. The summed E-state index contributed by atoms with van der Waals surface area (Å²) in [7, 11) is 0. The minimum atomic E-state index is -0.827. The Balaban J connectivity index is 1.94. The number of aromatic nitrogens is 2. The molecule has 4 rings (SSSR count). The van der Waals surface area contributed by atoms with Crippen molar-refractivity contribution in [2.45, 2.75) is 45.3 Å². The molecule has 2 aromatic heterocycles. The summed E-state index contributed by atoms with van der Waals surface area (Å²) in [4.78, 5) is 2.41. The molecule has 1 unspecified atom stereocenters. The van der Waals surface area contributed by atoms with Crippen molar-refractivity contribution in [3.63, 3.8) is 0 Å². The van der Waals surface area contributed by atoms with Gasteiger partial charge in [0.25, 0.3) is 0 Å². The third-order valence-electron chi connectivity index (χ3n) is 4.77. The molecule has 4 heterocycles. The molecule has 2 aliphatic rings. The summed E-state index contributed by atoms with van der Waals surface area (Å²) in [5.41, 5.74) is 3.62. The fourth-order valence-corrected chi connectivity index (χ4v) is 4.55. The number of hydrogen-bond donors (Lipinski definition) is 3. The Labute approximate surface area is 139 Å². The standard InChI is InChI=1S/C17H21N3O2S/c1-3-17(2,21)16-11-5-4-6-22-14-13(11)12(9-18-16)23-15(14)10-7-19-20-8-10/h7-8,18,21H,3-6,9H2,1-2H3,(H,19,20). The van der Waals surface area contributed by atoms with Crippen LogP contribution >= 0.6 is 11.3 Å². The number of ether oxygens (including phenoxy) is 1. The molecule has 3 N–H and O–H groups in total. The number of aromatic amines is 1. The zero-order valence-electron chi connectivity index (χ0n) is 13.4. The van der Waals surface area contributed by atoms with Gasteiger partial charge in [0.1, 0.15) is 11.4 Å². The van der Waals surface area contributed by atoms with Crippen LogP contribution in [0.1, 0.15) is 43.6 Å². The maximum absolute atomic E-state index is 10.8. The quantitative estimate of drug-likeness (QED) is 0.807. The predicted molar refractivity (Wildman–Crippen MR) is 91.3 cm³/mol. The van der Waals surface area contributed by atoms with Gasteiger partial charge in [-0.1, -0.05) is 6.92 Å². The molecular weight excluding hydrogens is 310 g/mol. The van der Waals surface area contributed by atoms with E-state index in [0.29, 0.717) is 13.0 Å². The average molecular weight is 331 g/mol. The maximum Gasteiger partial charge on any atom is 0.145 e. The zero-order valence-corrected chi connectivity index (χ0v) is 14.2. The van der Waals surface area contributed by atoms with Gasteiger partial charge in [-0.15, -0.1) is 11.3 Å². The van der Waals surface area contributed by atoms with Crippen LogP contribution < -0.4 is 10.1 Å². The number of H-pyrrole nitrogens is 1. The largest absolute Gasteiger partial charge is 0.491 e. The average Bonchev–Trinajstić information content (AvgIpc) is 3.13. The third kappa shape index (κ3) is 2.28. The van der Waals surface area contributed by atoms with E-state index in [0.717, 1.165) is 41.3 Å². The molecule has 0 saturated carbocycles. The van der Waals surface area contributed by atoms with Gasteiger partial charge in [-0.2, -0.15) is 5.10 Å². The zero-order chi connectivity index (χ0) is 16.0. The predicted octanol–water partition coefficient (Wildman–Crippen LogP) is 3.29. The number of thiophene rings is 1. The molecule has 122 valence electrons. The van der Waals surface area contributed by atoms with Crippen molar-refractivity contribution < 1.29 is 9.84 Å². The van der Waals surface area contributed by atoms with Crippen LogP contribution in [0.25, 0.3) is 16.0 Å². The molecule has 1 atom stereocenters. The van der Waals surface area contributed by atoms with Crippen molar-refractivity contribution in [3.05, 3.63) is 28.5 Å². The minimum absolute atomic E-state index is 0.684. The highest BCUT2D eigenvalue weighted by atomic mass is 32.1. The first-order valence-electron chi connectivity index (χ1n) is 8.09. The van der Waals surface area contributed by atoms with Crippen LogP contribution in [0.15, 0.2) is 18.1 Å². The maximum atomic E-state index is 10.8. The van der Waals surface area contributed by atoms with E-state index in [4.69, 9.17) is 4.74 Å². The summed E-state index contributed by atoms with van der Waals surface area (Å²) >= 11 is 1.75. The van der Waals surface area contributed by atoms with Gasteiger partial charge in [0, 0.05) is 34.4 Å². The van der Waals surface area contributed by atoms with Crippen molar-refractivity contribution in [1.29, 1.82) is 0 Å². The molecule has 5 nitrogen and oxygen atoms in total. The topological polar surface area (TPSA) is 70.2 Å². The highest BCUT2D eigenvalue weighted by Gasteiger charge is 2.35. The number of nitrogens with one attached hydrogen (secondary N) is 2. The van der Waals surface area contributed by atoms with Crippen LogP contribution in [0.4, 0.5) is 0 Å². The first-order chi connectivity index (χ1) is 11.1. The van der Waals surface area contributed by atoms with E-state index in [1.807, 2.05) is 26.2 Å². The minimum Gasteiger partial charge on any atom is -0.491 e. The van der Waals surface area contributed by atoms with E-state index in [9.17, 15) is 5.11 Å². The van der Waals surface area contributed by atoms with Crippen LogP contribution in [-0.4, -0.2) is 27.5 Å². The van der Waals surface area contributed by atoms with Crippen LogP contribution in [0.5, 0.6) is 5.75 Å². The van der Waals surface area contributed by atoms with Crippen molar-refractivity contribution >= 4 is 16.9 Å². The Hall–Kier alpha value is -1.79. The Kier molecular flexibility index (Phi) is 3.46. The van der Waals surface area contributed by atoms with Gasteiger partial charge < -0.3 is 15.2 Å². The van der Waals surface area contributed by atoms with Gasteiger partial charge >= 0.3 is 0 Å². The highest BCUT2D eigenvalue weighted by Crippen LogP contribution is 2.51. The molecule has 0 radical (unpaired) electrons. The van der Waals surface area contributed by atoms with Crippen molar-refractivity contribution in [1.82, 2.24) is 15.5 Å². The normalized spacial score (nSPS) is 19.4. The molecule has 0 aromatic carbocycles. The molecule has 0 spiro atoms. The molecule has 2 aliphatic heterocycles. The monoisotopic (exact) mass is 331 g/mol. The van der Waals surface area contributed by atoms with Gasteiger partial charge in [-0.25, -0.2) is 0 Å². The Morgan fingerprint density at radius 1 is 1.48 bits per heavy atom. The number of allylic oxidation sites excluding steroid dienone is 1. The smallest absolute Gasteiger partial charge is 0.145 e. The first-order valence-corrected chi connectivity index (χ1v) is 8.91. The van der Waals surface area contributed by atoms with Crippen LogP contribution in [-0.2, 0) is 6.54 Å². The van der Waals surface area contributed by atoms with Crippen molar-refractivity contribution in [3.8, 4) is 16.2 Å². The van der Waals surface area contributed by atoms with Gasteiger partial charge in [0.05, 0.1) is 17.7 Å². The molecule has 6 heteroatoms. The SMILES string of the molecule is CCC(C)(O)C1=C2CCCOc3c(-c4cn[nH]c4)sc(c32)CN1. The summed E-state index contributed by atoms with van der Waals surface area (Å²) in [6.07, 6.45) is 6.32. The molecule has 23 heavy (non-hydrogen) atoms. The second-order valence-corrected chi connectivity index (χ2v) is 7.44. The summed E-state index contributed by atoms with van der Waals surface area (Å²) in [5.74, 6) is 0.963. The molecule has 0 amide bonds. The fourth-order valence-electron chi connectivity index (χ4n) is 3.36. The Morgan fingerprint density at radius 2 is 2.35 bits per heavy atom. The lowest BCUT2D eigenvalue weighted by Crippen LogP contribution is -2.37. The second kappa shape index (κ2) is 5.39. The Morgan fingerprint density at radius 3 is 3.09 bits per heavy atom. The van der Waals surface area contributed by atoms with Gasteiger partial charge in [-0.3, -0.25) is 5.10 Å². The molecule has 0 saturated heterocycles. The Bertz CT molecular complexity index is 759. The molecular formula is C17H21N3O2S. The lowest BCUT2D eigenvalue weighted by molar-refractivity contribution is 0.0867. The number of nitrogens with zero attached hydrogens (tertiary/aromatic N) is 1. The van der Waals surface area contributed by atoms with Gasteiger partial charge in [0.2, 0.25) is 0 Å². The van der Waals surface area contributed by atoms with E-state index in [1.54, 1.807) is 11.3 Å². The van der Waals surface area contributed by atoms with Crippen LogP contribution in [0.2, 0.25) is 0 Å². The summed E-state index contributed by atoms with van der Waals surface area (Å²) in [6.45, 7) is 5.35.